The minimum atomic E-state index is -0.291. The van der Waals surface area contributed by atoms with Crippen LogP contribution in [0.15, 0.2) is 54.1 Å². The molecule has 3 nitrogen and oxygen atoms in total. The predicted molar refractivity (Wildman–Crippen MR) is 82.1 cm³/mol. The quantitative estimate of drug-likeness (QED) is 0.485. The average Bonchev–Trinajstić information content (AvgIpc) is 2.54. The first-order chi connectivity index (χ1) is 10.1. The third-order valence-corrected chi connectivity index (χ3v) is 3.11. The Morgan fingerprint density at radius 2 is 1.71 bits per heavy atom. The van der Waals surface area contributed by atoms with E-state index in [0.29, 0.717) is 11.3 Å². The Balaban J connectivity index is 2.29. The summed E-state index contributed by atoms with van der Waals surface area (Å²) in [6.07, 6.45) is 1.60. The Kier molecular flexibility index (Phi) is 4.53. The van der Waals surface area contributed by atoms with Gasteiger partial charge in [0.1, 0.15) is 17.4 Å². The Labute approximate surface area is 124 Å². The number of allylic oxidation sites excluding steroid dienone is 1. The Hall–Kier alpha value is -2.86. The minimum Gasteiger partial charge on any atom is -0.497 e. The van der Waals surface area contributed by atoms with Crippen LogP contribution in [0.5, 0.6) is 5.75 Å². The number of nitriles is 1. The number of nitrogens with zero attached hydrogens (tertiary/aromatic N) is 1. The van der Waals surface area contributed by atoms with Gasteiger partial charge in [-0.1, -0.05) is 29.8 Å². The van der Waals surface area contributed by atoms with Crippen LogP contribution in [0.3, 0.4) is 0 Å². The summed E-state index contributed by atoms with van der Waals surface area (Å²) in [6.45, 7) is 1.99. The van der Waals surface area contributed by atoms with E-state index in [2.05, 4.69) is 0 Å². The highest BCUT2D eigenvalue weighted by Crippen LogP contribution is 2.16. The molecule has 0 bridgehead atoms. The van der Waals surface area contributed by atoms with Crippen LogP contribution >= 0.6 is 0 Å². The number of rotatable bonds is 4. The summed E-state index contributed by atoms with van der Waals surface area (Å²) in [7, 11) is 1.56. The summed E-state index contributed by atoms with van der Waals surface area (Å²) >= 11 is 0. The van der Waals surface area contributed by atoms with E-state index in [-0.39, 0.29) is 11.4 Å². The average molecular weight is 277 g/mol. The van der Waals surface area contributed by atoms with Gasteiger partial charge in [0, 0.05) is 5.56 Å². The molecule has 0 aliphatic heterocycles. The highest BCUT2D eigenvalue weighted by atomic mass is 16.5. The third kappa shape index (κ3) is 3.58. The fraction of sp³-hybridized carbons (Fsp3) is 0.111. The third-order valence-electron chi connectivity index (χ3n) is 3.11. The number of benzene rings is 2. The van der Waals surface area contributed by atoms with E-state index in [4.69, 9.17) is 4.74 Å². The molecule has 2 rings (SSSR count). The lowest BCUT2D eigenvalue weighted by atomic mass is 10.0. The lowest BCUT2D eigenvalue weighted by Crippen LogP contribution is -2.01. The van der Waals surface area contributed by atoms with Crippen molar-refractivity contribution in [3.05, 3.63) is 70.8 Å². The molecule has 3 heteroatoms. The van der Waals surface area contributed by atoms with Crippen LogP contribution in [0, 0.1) is 18.3 Å². The van der Waals surface area contributed by atoms with Crippen LogP contribution in [0.25, 0.3) is 6.08 Å². The van der Waals surface area contributed by atoms with Gasteiger partial charge in [0.2, 0.25) is 5.78 Å². The summed E-state index contributed by atoms with van der Waals surface area (Å²) < 4.78 is 5.05. The first-order valence-electron chi connectivity index (χ1n) is 6.51. The van der Waals surface area contributed by atoms with Gasteiger partial charge in [0.15, 0.2) is 0 Å². The summed E-state index contributed by atoms with van der Waals surface area (Å²) in [5.74, 6) is 0.383. The van der Waals surface area contributed by atoms with E-state index >= 15 is 0 Å². The second-order valence-corrected chi connectivity index (χ2v) is 4.64. The van der Waals surface area contributed by atoms with Crippen molar-refractivity contribution in [2.45, 2.75) is 6.92 Å². The first-order valence-corrected chi connectivity index (χ1v) is 6.51. The van der Waals surface area contributed by atoms with E-state index in [0.717, 1.165) is 11.1 Å². The lowest BCUT2D eigenvalue weighted by molar-refractivity contribution is 0.104. The zero-order chi connectivity index (χ0) is 15.2. The topological polar surface area (TPSA) is 50.1 Å². The maximum Gasteiger partial charge on any atom is 0.203 e. The molecule has 0 spiro atoms. The Morgan fingerprint density at radius 3 is 2.24 bits per heavy atom. The summed E-state index contributed by atoms with van der Waals surface area (Å²) in [4.78, 5) is 12.3. The van der Waals surface area contributed by atoms with E-state index in [1.165, 1.54) is 0 Å². The first kappa shape index (κ1) is 14.5. The van der Waals surface area contributed by atoms with E-state index in [9.17, 15) is 10.1 Å². The van der Waals surface area contributed by atoms with Gasteiger partial charge in [-0.2, -0.15) is 5.26 Å². The second kappa shape index (κ2) is 6.53. The number of ketones is 1. The summed E-state index contributed by atoms with van der Waals surface area (Å²) in [5, 5.41) is 9.21. The van der Waals surface area contributed by atoms with Gasteiger partial charge in [-0.3, -0.25) is 4.79 Å². The minimum absolute atomic E-state index is 0.115. The maximum absolute atomic E-state index is 12.3. The molecule has 0 aliphatic rings. The highest BCUT2D eigenvalue weighted by molar-refractivity contribution is 6.14. The fourth-order valence-electron chi connectivity index (χ4n) is 1.88. The zero-order valence-corrected chi connectivity index (χ0v) is 12.0. The van der Waals surface area contributed by atoms with Crippen LogP contribution in [-0.4, -0.2) is 12.9 Å². The van der Waals surface area contributed by atoms with Crippen molar-refractivity contribution in [3.8, 4) is 11.8 Å². The smallest absolute Gasteiger partial charge is 0.203 e. The van der Waals surface area contributed by atoms with E-state index < -0.39 is 0 Å². The number of hydrogen-bond acceptors (Lipinski definition) is 3. The molecule has 0 saturated carbocycles. The zero-order valence-electron chi connectivity index (χ0n) is 12.0. The number of ether oxygens (including phenoxy) is 1. The van der Waals surface area contributed by atoms with Crippen LogP contribution in [0.4, 0.5) is 0 Å². The number of Topliss-reactive ketones (excluding diaryl/α,β-unsaturated/α-hetero) is 1. The lowest BCUT2D eigenvalue weighted by Gasteiger charge is -2.02. The monoisotopic (exact) mass is 277 g/mol. The van der Waals surface area contributed by atoms with Crippen molar-refractivity contribution in [1.82, 2.24) is 0 Å². The molecule has 0 atom stereocenters. The van der Waals surface area contributed by atoms with Crippen LogP contribution in [0.2, 0.25) is 0 Å². The van der Waals surface area contributed by atoms with Crippen LogP contribution in [-0.2, 0) is 0 Å². The number of carbonyl (C=O) groups excluding carboxylic acids is 1. The van der Waals surface area contributed by atoms with E-state index in [1.54, 1.807) is 37.5 Å². The number of carbonyl (C=O) groups is 1. The molecule has 21 heavy (non-hydrogen) atoms. The second-order valence-electron chi connectivity index (χ2n) is 4.64. The van der Waals surface area contributed by atoms with Gasteiger partial charge in [-0.25, -0.2) is 0 Å². The molecule has 0 heterocycles. The maximum atomic E-state index is 12.3. The van der Waals surface area contributed by atoms with Gasteiger partial charge in [0.05, 0.1) is 7.11 Å². The molecule has 0 N–H and O–H groups in total. The van der Waals surface area contributed by atoms with Crippen LogP contribution < -0.4 is 4.74 Å². The number of aryl methyl sites for hydroxylation is 1. The van der Waals surface area contributed by atoms with Crippen LogP contribution in [0.1, 0.15) is 21.5 Å². The Bertz CT molecular complexity index is 704. The highest BCUT2D eigenvalue weighted by Gasteiger charge is 2.12. The summed E-state index contributed by atoms with van der Waals surface area (Å²) in [5.41, 5.74) is 2.55. The molecule has 2 aromatic carbocycles. The van der Waals surface area contributed by atoms with Crippen molar-refractivity contribution in [2.75, 3.05) is 7.11 Å². The number of methoxy groups -OCH3 is 1. The van der Waals surface area contributed by atoms with Gasteiger partial charge >= 0.3 is 0 Å². The van der Waals surface area contributed by atoms with E-state index in [1.807, 2.05) is 37.3 Å². The molecule has 104 valence electrons. The molecule has 0 saturated heterocycles. The molecule has 0 aromatic heterocycles. The van der Waals surface area contributed by atoms with Crippen molar-refractivity contribution in [2.24, 2.45) is 0 Å². The van der Waals surface area contributed by atoms with Crippen molar-refractivity contribution in [3.63, 3.8) is 0 Å². The molecule has 0 fully saturated rings. The van der Waals surface area contributed by atoms with Crippen molar-refractivity contribution in [1.29, 1.82) is 5.26 Å². The molecular formula is C18H15NO2. The van der Waals surface area contributed by atoms with Crippen molar-refractivity contribution >= 4 is 11.9 Å². The van der Waals surface area contributed by atoms with Gasteiger partial charge in [0.25, 0.3) is 0 Å². The van der Waals surface area contributed by atoms with Gasteiger partial charge in [-0.05, 0) is 42.8 Å². The largest absolute Gasteiger partial charge is 0.497 e. The normalized spacial score (nSPS) is 10.8. The molecule has 2 aromatic rings. The van der Waals surface area contributed by atoms with Gasteiger partial charge in [-0.15, -0.1) is 0 Å². The van der Waals surface area contributed by atoms with Crippen molar-refractivity contribution < 1.29 is 9.53 Å². The molecule has 0 amide bonds. The molecule has 0 unspecified atom stereocenters. The molecule has 0 aliphatic carbocycles. The molecular weight excluding hydrogens is 262 g/mol. The standard InChI is InChI=1S/C18H15NO2/c1-13-3-5-14(6-4-13)11-16(12-19)18(20)15-7-9-17(21-2)10-8-15/h3-11H,1-2H3/b16-11-. The Morgan fingerprint density at radius 1 is 1.10 bits per heavy atom. The molecule has 0 radical (unpaired) electrons. The SMILES string of the molecule is COc1ccc(C(=O)/C(C#N)=C\c2ccc(C)cc2)cc1. The predicted octanol–water partition coefficient (Wildman–Crippen LogP) is 3.79. The fourth-order valence-corrected chi connectivity index (χ4v) is 1.88. The summed E-state index contributed by atoms with van der Waals surface area (Å²) in [6, 6.07) is 16.3. The van der Waals surface area contributed by atoms with Gasteiger partial charge < -0.3 is 4.74 Å². The number of hydrogen-bond donors (Lipinski definition) is 0.